The summed E-state index contributed by atoms with van der Waals surface area (Å²) in [6.07, 6.45) is -0.389. The van der Waals surface area contributed by atoms with Gasteiger partial charge in [0.1, 0.15) is 0 Å². The predicted molar refractivity (Wildman–Crippen MR) is 191 cm³/mol. The van der Waals surface area contributed by atoms with Crippen molar-refractivity contribution in [2.75, 3.05) is 5.75 Å². The summed E-state index contributed by atoms with van der Waals surface area (Å²) in [6.45, 7) is 0.171. The van der Waals surface area contributed by atoms with E-state index in [9.17, 15) is 14.7 Å². The van der Waals surface area contributed by atoms with Crippen LogP contribution in [0, 0.1) is 0 Å². The second-order valence-electron chi connectivity index (χ2n) is 12.4. The fraction of sp³-hybridized carbons (Fsp3) is 0.175. The van der Waals surface area contributed by atoms with E-state index >= 15 is 0 Å². The molecule has 5 aromatic carbocycles. The first-order chi connectivity index (χ1) is 25.0. The number of aliphatic hydroxyl groups is 1. The molecule has 1 aromatic heterocycles. The minimum absolute atomic E-state index is 0.0229. The monoisotopic (exact) mass is 695 g/mol. The van der Waals surface area contributed by atoms with Crippen LogP contribution >= 0.6 is 11.8 Å². The van der Waals surface area contributed by atoms with Gasteiger partial charge in [0.25, 0.3) is 11.8 Å². The highest BCUT2D eigenvalue weighted by atomic mass is 32.2. The molecule has 11 heteroatoms. The summed E-state index contributed by atoms with van der Waals surface area (Å²) in [6, 6.07) is 40.5. The van der Waals surface area contributed by atoms with Gasteiger partial charge in [-0.15, -0.1) is 5.10 Å². The lowest BCUT2D eigenvalue weighted by Crippen LogP contribution is -2.31. The first-order valence-corrected chi connectivity index (χ1v) is 17.6. The molecule has 1 saturated heterocycles. The van der Waals surface area contributed by atoms with Gasteiger partial charge in [-0.05, 0) is 68.6 Å². The zero-order valence-corrected chi connectivity index (χ0v) is 28.2. The molecule has 8 rings (SSSR count). The van der Waals surface area contributed by atoms with Gasteiger partial charge < -0.3 is 14.6 Å². The largest absolute Gasteiger partial charge is 0.392 e. The number of aromatic nitrogens is 4. The number of ether oxygens (including phenoxy) is 2. The third-order valence-corrected chi connectivity index (χ3v) is 10.2. The third-order valence-electron chi connectivity index (χ3n) is 9.12. The molecule has 0 spiro atoms. The summed E-state index contributed by atoms with van der Waals surface area (Å²) in [4.78, 5) is 27.2. The maximum atomic E-state index is 13.0. The smallest absolute Gasteiger partial charge is 0.261 e. The predicted octanol–water partition coefficient (Wildman–Crippen LogP) is 6.96. The molecule has 254 valence electrons. The summed E-state index contributed by atoms with van der Waals surface area (Å²) in [7, 11) is 0. The Morgan fingerprint density at radius 2 is 1.43 bits per heavy atom. The third kappa shape index (κ3) is 6.84. The van der Waals surface area contributed by atoms with Gasteiger partial charge in [0.05, 0.1) is 42.2 Å². The van der Waals surface area contributed by atoms with Crippen LogP contribution in [-0.4, -0.2) is 53.9 Å². The number of imide groups is 1. The van der Waals surface area contributed by atoms with Crippen molar-refractivity contribution in [3.05, 3.63) is 161 Å². The molecule has 0 aliphatic carbocycles. The molecule has 10 nitrogen and oxygen atoms in total. The normalized spacial score (nSPS) is 18.6. The Hall–Kier alpha value is -5.46. The lowest BCUT2D eigenvalue weighted by Gasteiger charge is -2.36. The van der Waals surface area contributed by atoms with Gasteiger partial charge in [-0.2, -0.15) is 4.68 Å². The Morgan fingerprint density at radius 1 is 0.725 bits per heavy atom. The quantitative estimate of drug-likeness (QED) is 0.120. The number of hydrogen-bond donors (Lipinski definition) is 1. The number of para-hydroxylation sites is 1. The van der Waals surface area contributed by atoms with Crippen molar-refractivity contribution in [1.82, 2.24) is 25.1 Å². The molecule has 0 radical (unpaired) electrons. The van der Waals surface area contributed by atoms with Crippen molar-refractivity contribution in [1.29, 1.82) is 0 Å². The molecular weight excluding hydrogens is 663 g/mol. The van der Waals surface area contributed by atoms with Gasteiger partial charge in [0.15, 0.2) is 6.29 Å². The fourth-order valence-corrected chi connectivity index (χ4v) is 7.35. The zero-order valence-electron chi connectivity index (χ0n) is 27.4. The van der Waals surface area contributed by atoms with Crippen LogP contribution in [0.15, 0.2) is 133 Å². The van der Waals surface area contributed by atoms with Crippen molar-refractivity contribution in [2.45, 2.75) is 43.2 Å². The first kappa shape index (κ1) is 32.7. The van der Waals surface area contributed by atoms with E-state index in [-0.39, 0.29) is 37.2 Å². The van der Waals surface area contributed by atoms with Crippen LogP contribution in [0.5, 0.6) is 0 Å². The number of benzene rings is 5. The highest BCUT2D eigenvalue weighted by Gasteiger charge is 2.35. The highest BCUT2D eigenvalue weighted by molar-refractivity contribution is 7.99. The van der Waals surface area contributed by atoms with Crippen molar-refractivity contribution in [3.8, 4) is 16.8 Å². The number of thioether (sulfide) groups is 1. The number of hydrogen-bond acceptors (Lipinski definition) is 9. The van der Waals surface area contributed by atoms with E-state index in [4.69, 9.17) is 9.47 Å². The molecule has 0 saturated carbocycles. The van der Waals surface area contributed by atoms with E-state index in [0.29, 0.717) is 28.5 Å². The van der Waals surface area contributed by atoms with Crippen LogP contribution in [0.4, 0.5) is 0 Å². The molecule has 6 aromatic rings. The van der Waals surface area contributed by atoms with Gasteiger partial charge >= 0.3 is 0 Å². The maximum Gasteiger partial charge on any atom is 0.261 e. The van der Waals surface area contributed by atoms with E-state index < -0.39 is 6.29 Å². The number of rotatable bonds is 10. The maximum absolute atomic E-state index is 13.0. The lowest BCUT2D eigenvalue weighted by atomic mass is 9.99. The second kappa shape index (κ2) is 14.4. The van der Waals surface area contributed by atoms with Gasteiger partial charge in [-0.3, -0.25) is 14.5 Å². The van der Waals surface area contributed by atoms with Gasteiger partial charge in [0, 0.05) is 17.7 Å². The number of amides is 2. The SMILES string of the molecule is O=C1c2ccccc2C(=O)N1Cc1cccc(-c2ccc([C@@H]3O[C@H](CSc4nnnn4-c4ccccc4)C[C@H](c4ccc(CO)cc4)O3)cc2)c1. The van der Waals surface area contributed by atoms with Gasteiger partial charge in [0.2, 0.25) is 5.16 Å². The zero-order chi connectivity index (χ0) is 34.7. The molecule has 3 heterocycles. The Balaban J connectivity index is 0.996. The van der Waals surface area contributed by atoms with Gasteiger partial charge in [-0.25, -0.2) is 0 Å². The van der Waals surface area contributed by atoms with Crippen molar-refractivity contribution in [2.24, 2.45) is 0 Å². The van der Waals surface area contributed by atoms with Crippen molar-refractivity contribution >= 4 is 23.6 Å². The number of carbonyl (C=O) groups is 2. The summed E-state index contributed by atoms with van der Waals surface area (Å²) in [5.41, 5.74) is 7.30. The minimum Gasteiger partial charge on any atom is -0.392 e. The lowest BCUT2D eigenvalue weighted by molar-refractivity contribution is -0.245. The molecule has 1 fully saturated rings. The Bertz CT molecular complexity index is 2140. The van der Waals surface area contributed by atoms with Crippen LogP contribution in [-0.2, 0) is 22.6 Å². The summed E-state index contributed by atoms with van der Waals surface area (Å²) < 4.78 is 14.9. The molecule has 2 aliphatic heterocycles. The average molecular weight is 696 g/mol. The van der Waals surface area contributed by atoms with E-state index in [2.05, 4.69) is 15.5 Å². The van der Waals surface area contributed by atoms with Crippen molar-refractivity contribution in [3.63, 3.8) is 0 Å². The summed E-state index contributed by atoms with van der Waals surface area (Å²) in [5, 5.41) is 22.6. The average Bonchev–Trinajstić information content (AvgIpc) is 3.76. The van der Waals surface area contributed by atoms with Crippen LogP contribution in [0.25, 0.3) is 16.8 Å². The topological polar surface area (TPSA) is 120 Å². The number of nitrogens with zero attached hydrogens (tertiary/aromatic N) is 5. The molecule has 0 bridgehead atoms. The van der Waals surface area contributed by atoms with E-state index in [1.165, 1.54) is 16.7 Å². The van der Waals surface area contributed by atoms with E-state index in [1.54, 1.807) is 28.9 Å². The molecule has 2 aliphatic rings. The molecule has 3 atom stereocenters. The number of carbonyl (C=O) groups excluding carboxylic acids is 2. The Labute approximate surface area is 298 Å². The fourth-order valence-electron chi connectivity index (χ4n) is 6.44. The van der Waals surface area contributed by atoms with Crippen molar-refractivity contribution < 1.29 is 24.2 Å². The van der Waals surface area contributed by atoms with E-state index in [1.807, 2.05) is 103 Å². The highest BCUT2D eigenvalue weighted by Crippen LogP contribution is 2.40. The number of aliphatic hydroxyl groups excluding tert-OH is 1. The van der Waals surface area contributed by atoms with Crippen LogP contribution in [0.3, 0.4) is 0 Å². The molecule has 1 N–H and O–H groups in total. The molecule has 51 heavy (non-hydrogen) atoms. The standard InChI is InChI=1S/C40H33N5O5S/c46-24-26-13-15-29(16-14-26)36-22-33(25-51-40-41-42-43-45(40)32-9-2-1-3-10-32)49-39(50-36)30-19-17-28(18-20-30)31-8-6-7-27(21-31)23-44-37(47)34-11-4-5-12-35(34)38(44)48/h1-21,33,36,39,46H,22-25H2/t33-,36+,39+/m0/s1. The number of tetrazole rings is 1. The molecular formula is C40H33N5O5S. The van der Waals surface area contributed by atoms with E-state index in [0.717, 1.165) is 39.1 Å². The summed E-state index contributed by atoms with van der Waals surface area (Å²) in [5.74, 6) is 0.0647. The second-order valence-corrected chi connectivity index (χ2v) is 13.4. The van der Waals surface area contributed by atoms with Crippen LogP contribution < -0.4 is 0 Å². The molecule has 2 amide bonds. The van der Waals surface area contributed by atoms with Crippen LogP contribution in [0.1, 0.15) is 61.8 Å². The Kier molecular flexibility index (Phi) is 9.25. The minimum atomic E-state index is -0.619. The first-order valence-electron chi connectivity index (χ1n) is 16.7. The summed E-state index contributed by atoms with van der Waals surface area (Å²) >= 11 is 1.53. The number of fused-ring (bicyclic) bond motifs is 1. The Morgan fingerprint density at radius 3 is 2.16 bits per heavy atom. The van der Waals surface area contributed by atoms with Crippen LogP contribution in [0.2, 0.25) is 0 Å². The van der Waals surface area contributed by atoms with Gasteiger partial charge in [-0.1, -0.05) is 109 Å². The molecule has 0 unspecified atom stereocenters.